The molecule has 0 bridgehead atoms. The van der Waals surface area contributed by atoms with Crippen molar-refractivity contribution < 1.29 is 0 Å². The molecule has 178 valence electrons. The predicted molar refractivity (Wildman–Crippen MR) is 134 cm³/mol. The number of tetrazole rings is 1. The Bertz CT molecular complexity index is 1270. The van der Waals surface area contributed by atoms with Crippen LogP contribution in [0, 0.1) is 6.92 Å². The van der Waals surface area contributed by atoms with Gasteiger partial charge in [-0.25, -0.2) is 9.89 Å². The molecule has 0 radical (unpaired) electrons. The molecule has 0 spiro atoms. The van der Waals surface area contributed by atoms with Crippen molar-refractivity contribution in [2.24, 2.45) is 0 Å². The van der Waals surface area contributed by atoms with Gasteiger partial charge in [-0.05, 0) is 55.2 Å². The SMILES string of the molecule is CCCCCc1c(C)n(C(C)CC)c(=O)n1Cc1ccc(-c2ccccc2-c2nnn[nH]2)cn1. The van der Waals surface area contributed by atoms with E-state index < -0.39 is 0 Å². The number of aromatic amines is 1. The molecule has 0 amide bonds. The molecule has 0 aliphatic rings. The third kappa shape index (κ3) is 4.71. The number of nitrogens with zero attached hydrogens (tertiary/aromatic N) is 6. The van der Waals surface area contributed by atoms with E-state index in [1.54, 1.807) is 0 Å². The minimum Gasteiger partial charge on any atom is -0.294 e. The van der Waals surface area contributed by atoms with Crippen LogP contribution < -0.4 is 5.69 Å². The lowest BCUT2D eigenvalue weighted by Crippen LogP contribution is -2.28. The van der Waals surface area contributed by atoms with E-state index in [2.05, 4.69) is 48.3 Å². The van der Waals surface area contributed by atoms with Gasteiger partial charge in [0.15, 0.2) is 5.82 Å². The summed E-state index contributed by atoms with van der Waals surface area (Å²) in [5.41, 5.74) is 6.03. The summed E-state index contributed by atoms with van der Waals surface area (Å²) in [6, 6.07) is 12.2. The Balaban J connectivity index is 1.65. The van der Waals surface area contributed by atoms with Gasteiger partial charge in [0, 0.05) is 34.8 Å². The highest BCUT2D eigenvalue weighted by molar-refractivity contribution is 5.79. The van der Waals surface area contributed by atoms with Crippen LogP contribution in [0.5, 0.6) is 0 Å². The van der Waals surface area contributed by atoms with Crippen molar-refractivity contribution in [2.75, 3.05) is 0 Å². The first-order valence-electron chi connectivity index (χ1n) is 12.1. The number of aromatic nitrogens is 7. The third-order valence-corrected chi connectivity index (χ3v) is 6.57. The largest absolute Gasteiger partial charge is 0.329 e. The molecule has 4 rings (SSSR count). The van der Waals surface area contributed by atoms with Crippen LogP contribution in [0.25, 0.3) is 22.5 Å². The number of rotatable bonds is 10. The number of nitrogens with one attached hydrogen (secondary N) is 1. The quantitative estimate of drug-likeness (QED) is 0.339. The number of unbranched alkanes of at least 4 members (excludes halogenated alkanes) is 2. The third-order valence-electron chi connectivity index (χ3n) is 6.57. The summed E-state index contributed by atoms with van der Waals surface area (Å²) in [5, 5.41) is 14.3. The van der Waals surface area contributed by atoms with Gasteiger partial charge in [0.05, 0.1) is 12.2 Å². The number of imidazole rings is 1. The van der Waals surface area contributed by atoms with Crippen LogP contribution >= 0.6 is 0 Å². The highest BCUT2D eigenvalue weighted by Crippen LogP contribution is 2.29. The van der Waals surface area contributed by atoms with Crippen LogP contribution in [-0.4, -0.2) is 34.7 Å². The normalized spacial score (nSPS) is 12.2. The van der Waals surface area contributed by atoms with E-state index in [-0.39, 0.29) is 11.7 Å². The minimum atomic E-state index is 0.0624. The minimum absolute atomic E-state index is 0.0624. The fourth-order valence-corrected chi connectivity index (χ4v) is 4.50. The van der Waals surface area contributed by atoms with E-state index in [1.807, 2.05) is 51.7 Å². The van der Waals surface area contributed by atoms with Gasteiger partial charge in [-0.15, -0.1) is 5.10 Å². The van der Waals surface area contributed by atoms with Gasteiger partial charge >= 0.3 is 5.69 Å². The Hall–Kier alpha value is -3.55. The average molecular weight is 460 g/mol. The highest BCUT2D eigenvalue weighted by atomic mass is 16.1. The molecule has 0 aliphatic carbocycles. The van der Waals surface area contributed by atoms with E-state index in [0.717, 1.165) is 65.9 Å². The second-order valence-electron chi connectivity index (χ2n) is 8.82. The van der Waals surface area contributed by atoms with E-state index in [9.17, 15) is 4.79 Å². The molecule has 0 saturated heterocycles. The molecule has 1 aromatic carbocycles. The molecule has 0 saturated carbocycles. The Morgan fingerprint density at radius 3 is 2.50 bits per heavy atom. The molecule has 1 unspecified atom stereocenters. The Labute approximate surface area is 200 Å². The van der Waals surface area contributed by atoms with Crippen molar-refractivity contribution in [3.05, 3.63) is 70.2 Å². The molecule has 8 nitrogen and oxygen atoms in total. The van der Waals surface area contributed by atoms with Gasteiger partial charge in [0.2, 0.25) is 0 Å². The van der Waals surface area contributed by atoms with Gasteiger partial charge in [0.1, 0.15) is 0 Å². The Morgan fingerprint density at radius 1 is 1.06 bits per heavy atom. The maximum atomic E-state index is 13.4. The molecular formula is C26H33N7O. The fourth-order valence-electron chi connectivity index (χ4n) is 4.50. The van der Waals surface area contributed by atoms with Crippen LogP contribution in [0.3, 0.4) is 0 Å². The summed E-state index contributed by atoms with van der Waals surface area (Å²) in [5.74, 6) is 0.616. The van der Waals surface area contributed by atoms with Crippen molar-refractivity contribution in [1.82, 2.24) is 34.7 Å². The molecule has 1 atom stereocenters. The van der Waals surface area contributed by atoms with Gasteiger partial charge in [-0.2, -0.15) is 0 Å². The Morgan fingerprint density at radius 2 is 1.85 bits per heavy atom. The van der Waals surface area contributed by atoms with Crippen LogP contribution in [-0.2, 0) is 13.0 Å². The molecule has 34 heavy (non-hydrogen) atoms. The smallest absolute Gasteiger partial charge is 0.294 e. The van der Waals surface area contributed by atoms with E-state index in [1.165, 1.54) is 0 Å². The van der Waals surface area contributed by atoms with Crippen molar-refractivity contribution >= 4 is 0 Å². The zero-order valence-electron chi connectivity index (χ0n) is 20.5. The number of pyridine rings is 1. The molecule has 1 N–H and O–H groups in total. The Kier molecular flexibility index (Phi) is 7.35. The molecule has 8 heteroatoms. The first-order valence-corrected chi connectivity index (χ1v) is 12.1. The van der Waals surface area contributed by atoms with Crippen LogP contribution in [0.1, 0.15) is 69.6 Å². The van der Waals surface area contributed by atoms with Crippen LogP contribution in [0.4, 0.5) is 0 Å². The zero-order valence-corrected chi connectivity index (χ0v) is 20.5. The van der Waals surface area contributed by atoms with E-state index in [0.29, 0.717) is 12.4 Å². The van der Waals surface area contributed by atoms with Crippen molar-refractivity contribution in [3.63, 3.8) is 0 Å². The zero-order chi connectivity index (χ0) is 24.1. The lowest BCUT2D eigenvalue weighted by atomic mass is 10.0. The van der Waals surface area contributed by atoms with Gasteiger partial charge in [0.25, 0.3) is 0 Å². The molecule has 0 fully saturated rings. The number of hydrogen-bond acceptors (Lipinski definition) is 5. The second kappa shape index (κ2) is 10.6. The first-order chi connectivity index (χ1) is 16.5. The average Bonchev–Trinajstić information content (AvgIpc) is 3.47. The molecule has 4 aromatic rings. The lowest BCUT2D eigenvalue weighted by molar-refractivity contribution is 0.495. The lowest BCUT2D eigenvalue weighted by Gasteiger charge is -2.11. The maximum Gasteiger partial charge on any atom is 0.329 e. The molecule has 3 aromatic heterocycles. The maximum absolute atomic E-state index is 13.4. The number of H-pyrrole nitrogens is 1. The van der Waals surface area contributed by atoms with Crippen molar-refractivity contribution in [1.29, 1.82) is 0 Å². The molecular weight excluding hydrogens is 426 g/mol. The summed E-state index contributed by atoms with van der Waals surface area (Å²) in [6.45, 7) is 8.99. The molecule has 3 heterocycles. The second-order valence-corrected chi connectivity index (χ2v) is 8.82. The summed E-state index contributed by atoms with van der Waals surface area (Å²) >= 11 is 0. The van der Waals surface area contributed by atoms with Crippen LogP contribution in [0.2, 0.25) is 0 Å². The van der Waals surface area contributed by atoms with E-state index >= 15 is 0 Å². The van der Waals surface area contributed by atoms with Crippen LogP contribution in [0.15, 0.2) is 47.4 Å². The van der Waals surface area contributed by atoms with Crippen molar-refractivity contribution in [3.8, 4) is 22.5 Å². The first kappa shape index (κ1) is 23.6. The standard InChI is InChI=1S/C26H33N7O/c1-5-7-8-13-24-19(4)33(18(3)6-2)26(34)32(24)17-21-15-14-20(16-27-21)22-11-9-10-12-23(22)25-28-30-31-29-25/h9-12,14-16,18H,5-8,13,17H2,1-4H3,(H,28,29,30,31). The summed E-state index contributed by atoms with van der Waals surface area (Å²) < 4.78 is 3.88. The summed E-state index contributed by atoms with van der Waals surface area (Å²) in [6.07, 6.45) is 7.10. The fraction of sp³-hybridized carbons (Fsp3) is 0.423. The van der Waals surface area contributed by atoms with Crippen molar-refractivity contribution in [2.45, 2.75) is 72.4 Å². The molecule has 0 aliphatic heterocycles. The predicted octanol–water partition coefficient (Wildman–Crippen LogP) is 4.95. The van der Waals surface area contributed by atoms with Gasteiger partial charge in [-0.1, -0.05) is 57.0 Å². The monoisotopic (exact) mass is 459 g/mol. The number of hydrogen-bond donors (Lipinski definition) is 1. The van der Waals surface area contributed by atoms with Gasteiger partial charge in [-0.3, -0.25) is 14.1 Å². The summed E-state index contributed by atoms with van der Waals surface area (Å²) in [7, 11) is 0. The topological polar surface area (TPSA) is 94.3 Å². The summed E-state index contributed by atoms with van der Waals surface area (Å²) in [4.78, 5) is 18.1. The van der Waals surface area contributed by atoms with E-state index in [4.69, 9.17) is 4.98 Å². The number of benzene rings is 1. The highest BCUT2D eigenvalue weighted by Gasteiger charge is 2.20. The van der Waals surface area contributed by atoms with Gasteiger partial charge < -0.3 is 0 Å².